The second-order valence-electron chi connectivity index (χ2n) is 4.32. The molecule has 1 N–H and O–H groups in total. The second-order valence-corrected chi connectivity index (χ2v) is 4.32. The minimum Gasteiger partial charge on any atom is -0.392 e. The van der Waals surface area contributed by atoms with Gasteiger partial charge in [-0.25, -0.2) is 0 Å². The molecule has 1 aromatic rings. The van der Waals surface area contributed by atoms with Crippen LogP contribution < -0.4 is 4.90 Å². The Morgan fingerprint density at radius 2 is 1.94 bits per heavy atom. The molecular formula is C13H18F3NO. The van der Waals surface area contributed by atoms with E-state index in [0.717, 1.165) is 5.56 Å². The van der Waals surface area contributed by atoms with Gasteiger partial charge in [0.1, 0.15) is 6.54 Å². The van der Waals surface area contributed by atoms with E-state index in [0.29, 0.717) is 24.2 Å². The molecule has 1 aromatic carbocycles. The molecule has 0 amide bonds. The van der Waals surface area contributed by atoms with Crippen LogP contribution in [0, 0.1) is 6.92 Å². The zero-order chi connectivity index (χ0) is 13.8. The maximum atomic E-state index is 12.5. The molecule has 0 saturated carbocycles. The van der Waals surface area contributed by atoms with Crippen LogP contribution in [0.5, 0.6) is 0 Å². The Bertz CT molecular complexity index is 390. The van der Waals surface area contributed by atoms with E-state index in [1.807, 2.05) is 6.92 Å². The van der Waals surface area contributed by atoms with Gasteiger partial charge in [-0.15, -0.1) is 0 Å². The number of alkyl halides is 3. The van der Waals surface area contributed by atoms with Gasteiger partial charge in [0.05, 0.1) is 6.61 Å². The lowest BCUT2D eigenvalue weighted by atomic mass is 10.1. The van der Waals surface area contributed by atoms with Crippen LogP contribution in [0.1, 0.15) is 24.5 Å². The average molecular weight is 261 g/mol. The summed E-state index contributed by atoms with van der Waals surface area (Å²) in [5, 5.41) is 8.99. The van der Waals surface area contributed by atoms with E-state index >= 15 is 0 Å². The molecule has 0 aliphatic rings. The van der Waals surface area contributed by atoms with Crippen molar-refractivity contribution in [2.24, 2.45) is 0 Å². The third kappa shape index (κ3) is 4.22. The van der Waals surface area contributed by atoms with Crippen molar-refractivity contribution in [3.63, 3.8) is 0 Å². The molecule has 0 unspecified atom stereocenters. The molecule has 0 atom stereocenters. The number of halogens is 3. The third-order valence-electron chi connectivity index (χ3n) is 2.65. The number of aliphatic hydroxyl groups excluding tert-OH is 1. The fourth-order valence-electron chi connectivity index (χ4n) is 1.94. The number of anilines is 1. The van der Waals surface area contributed by atoms with Crippen molar-refractivity contribution in [1.29, 1.82) is 0 Å². The Balaban J connectivity index is 2.98. The minimum absolute atomic E-state index is 0.103. The molecule has 2 nitrogen and oxygen atoms in total. The van der Waals surface area contributed by atoms with Crippen LogP contribution in [0.4, 0.5) is 18.9 Å². The molecule has 0 saturated heterocycles. The summed E-state index contributed by atoms with van der Waals surface area (Å²) in [4.78, 5) is 1.33. The highest BCUT2D eigenvalue weighted by Crippen LogP contribution is 2.26. The summed E-state index contributed by atoms with van der Waals surface area (Å²) in [6.07, 6.45) is -3.56. The highest BCUT2D eigenvalue weighted by molar-refractivity contribution is 5.54. The zero-order valence-corrected chi connectivity index (χ0v) is 10.6. The van der Waals surface area contributed by atoms with Gasteiger partial charge >= 0.3 is 6.18 Å². The highest BCUT2D eigenvalue weighted by Gasteiger charge is 2.31. The van der Waals surface area contributed by atoms with Crippen molar-refractivity contribution in [3.8, 4) is 0 Å². The first-order chi connectivity index (χ1) is 8.37. The van der Waals surface area contributed by atoms with Crippen molar-refractivity contribution in [2.75, 3.05) is 18.0 Å². The first kappa shape index (κ1) is 14.8. The maximum Gasteiger partial charge on any atom is 0.405 e. The SMILES string of the molecule is CCCN(CC(F)(F)F)c1ccc(CO)cc1C. The van der Waals surface area contributed by atoms with Gasteiger partial charge in [0.2, 0.25) is 0 Å². The molecule has 5 heteroatoms. The number of hydrogen-bond donors (Lipinski definition) is 1. The molecule has 0 radical (unpaired) electrons. The molecule has 1 rings (SSSR count). The lowest BCUT2D eigenvalue weighted by Gasteiger charge is -2.27. The largest absolute Gasteiger partial charge is 0.405 e. The van der Waals surface area contributed by atoms with Crippen LogP contribution in [0.25, 0.3) is 0 Å². The average Bonchev–Trinajstić information content (AvgIpc) is 2.26. The summed E-state index contributed by atoms with van der Waals surface area (Å²) >= 11 is 0. The third-order valence-corrected chi connectivity index (χ3v) is 2.65. The smallest absolute Gasteiger partial charge is 0.392 e. The standard InChI is InChI=1S/C13H18F3NO/c1-3-6-17(9-13(14,15)16)12-5-4-11(8-18)7-10(12)2/h4-5,7,18H,3,6,8-9H2,1-2H3. The van der Waals surface area contributed by atoms with E-state index in [4.69, 9.17) is 5.11 Å². The second kappa shape index (κ2) is 6.09. The molecule has 0 bridgehead atoms. The van der Waals surface area contributed by atoms with E-state index in [-0.39, 0.29) is 6.61 Å². The van der Waals surface area contributed by atoms with Gasteiger partial charge < -0.3 is 10.0 Å². The monoisotopic (exact) mass is 261 g/mol. The first-order valence-corrected chi connectivity index (χ1v) is 5.89. The fourth-order valence-corrected chi connectivity index (χ4v) is 1.94. The van der Waals surface area contributed by atoms with Crippen molar-refractivity contribution < 1.29 is 18.3 Å². The topological polar surface area (TPSA) is 23.5 Å². The van der Waals surface area contributed by atoms with Crippen molar-refractivity contribution in [1.82, 2.24) is 0 Å². The molecule has 18 heavy (non-hydrogen) atoms. The molecule has 102 valence electrons. The van der Waals surface area contributed by atoms with Crippen LogP contribution in [-0.2, 0) is 6.61 Å². The van der Waals surface area contributed by atoms with Gasteiger partial charge in [0.15, 0.2) is 0 Å². The summed E-state index contributed by atoms with van der Waals surface area (Å²) in [6.45, 7) is 2.92. The summed E-state index contributed by atoms with van der Waals surface area (Å²) in [5.41, 5.74) is 2.03. The summed E-state index contributed by atoms with van der Waals surface area (Å²) < 4.78 is 37.5. The molecule has 0 aliphatic carbocycles. The first-order valence-electron chi connectivity index (χ1n) is 5.89. The van der Waals surface area contributed by atoms with E-state index in [1.165, 1.54) is 4.90 Å². The lowest BCUT2D eigenvalue weighted by molar-refractivity contribution is -0.119. The molecular weight excluding hydrogens is 243 g/mol. The van der Waals surface area contributed by atoms with Crippen LogP contribution in [0.3, 0.4) is 0 Å². The van der Waals surface area contributed by atoms with Gasteiger partial charge in [0, 0.05) is 12.2 Å². The Morgan fingerprint density at radius 3 is 2.39 bits per heavy atom. The highest BCUT2D eigenvalue weighted by atomic mass is 19.4. The van der Waals surface area contributed by atoms with E-state index < -0.39 is 12.7 Å². The summed E-state index contributed by atoms with van der Waals surface area (Å²) in [7, 11) is 0. The molecule has 0 aromatic heterocycles. The quantitative estimate of drug-likeness (QED) is 0.879. The number of benzene rings is 1. The van der Waals surface area contributed by atoms with Crippen LogP contribution in [0.15, 0.2) is 18.2 Å². The Hall–Kier alpha value is -1.23. The van der Waals surface area contributed by atoms with E-state index in [2.05, 4.69) is 0 Å². The molecule has 0 aliphatic heterocycles. The number of aliphatic hydroxyl groups is 1. The van der Waals surface area contributed by atoms with Crippen molar-refractivity contribution >= 4 is 5.69 Å². The number of rotatable bonds is 5. The Labute approximate surface area is 105 Å². The van der Waals surface area contributed by atoms with Crippen LogP contribution in [0.2, 0.25) is 0 Å². The summed E-state index contributed by atoms with van der Waals surface area (Å²) in [5.74, 6) is 0. The predicted molar refractivity (Wildman–Crippen MR) is 65.7 cm³/mol. The molecule has 0 spiro atoms. The molecule has 0 fully saturated rings. The minimum atomic E-state index is -4.21. The van der Waals surface area contributed by atoms with E-state index in [1.54, 1.807) is 25.1 Å². The predicted octanol–water partition coefficient (Wildman–Crippen LogP) is 3.27. The van der Waals surface area contributed by atoms with Crippen LogP contribution >= 0.6 is 0 Å². The number of hydrogen-bond acceptors (Lipinski definition) is 2. The number of aryl methyl sites for hydroxylation is 1. The van der Waals surface area contributed by atoms with Gasteiger partial charge in [-0.1, -0.05) is 19.1 Å². The fraction of sp³-hybridized carbons (Fsp3) is 0.538. The normalized spacial score (nSPS) is 11.7. The zero-order valence-electron chi connectivity index (χ0n) is 10.6. The van der Waals surface area contributed by atoms with Crippen LogP contribution in [-0.4, -0.2) is 24.4 Å². The van der Waals surface area contributed by atoms with Gasteiger partial charge in [-0.3, -0.25) is 0 Å². The number of nitrogens with zero attached hydrogens (tertiary/aromatic N) is 1. The van der Waals surface area contributed by atoms with Gasteiger partial charge in [-0.2, -0.15) is 13.2 Å². The Morgan fingerprint density at radius 1 is 1.28 bits per heavy atom. The van der Waals surface area contributed by atoms with Crippen molar-refractivity contribution in [3.05, 3.63) is 29.3 Å². The lowest BCUT2D eigenvalue weighted by Crippen LogP contribution is -2.35. The molecule has 0 heterocycles. The van der Waals surface area contributed by atoms with Gasteiger partial charge in [-0.05, 0) is 30.5 Å². The maximum absolute atomic E-state index is 12.5. The van der Waals surface area contributed by atoms with Gasteiger partial charge in [0.25, 0.3) is 0 Å². The van der Waals surface area contributed by atoms with E-state index in [9.17, 15) is 13.2 Å². The summed E-state index contributed by atoms with van der Waals surface area (Å²) in [6, 6.07) is 5.01. The van der Waals surface area contributed by atoms with Crippen molar-refractivity contribution in [2.45, 2.75) is 33.1 Å². The Kier molecular flexibility index (Phi) is 5.02.